The molecule has 0 radical (unpaired) electrons. The highest BCUT2D eigenvalue weighted by Gasteiger charge is 2.50. The van der Waals surface area contributed by atoms with Gasteiger partial charge in [-0.05, 0) is 59.4 Å². The summed E-state index contributed by atoms with van der Waals surface area (Å²) in [5.41, 5.74) is 3.11. The van der Waals surface area contributed by atoms with E-state index >= 15 is 0 Å². The van der Waals surface area contributed by atoms with E-state index in [-0.39, 0.29) is 16.7 Å². The van der Waals surface area contributed by atoms with E-state index in [4.69, 9.17) is 5.14 Å². The second-order valence-corrected chi connectivity index (χ2v) is 9.85. The number of hydrogen-bond donors (Lipinski definition) is 1. The Bertz CT molecular complexity index is 1050. The summed E-state index contributed by atoms with van der Waals surface area (Å²) in [5, 5.41) is 5.09. The van der Waals surface area contributed by atoms with Crippen molar-refractivity contribution in [3.8, 4) is 0 Å². The molecule has 156 valence electrons. The first-order valence-electron chi connectivity index (χ1n) is 9.37. The summed E-state index contributed by atoms with van der Waals surface area (Å²) in [6.45, 7) is 0. The molecule has 29 heavy (non-hydrogen) atoms. The molecule has 0 heterocycles. The van der Waals surface area contributed by atoms with E-state index in [1.807, 2.05) is 0 Å². The zero-order chi connectivity index (χ0) is 21.0. The van der Waals surface area contributed by atoms with E-state index < -0.39 is 34.0 Å². The predicted molar refractivity (Wildman–Crippen MR) is 104 cm³/mol. The molecule has 0 aliphatic heterocycles. The van der Waals surface area contributed by atoms with E-state index in [0.717, 1.165) is 43.6 Å². The van der Waals surface area contributed by atoms with E-state index in [2.05, 4.69) is 4.74 Å². The maximum Gasteiger partial charge on any atom is 0.267 e. The van der Waals surface area contributed by atoms with Crippen LogP contribution >= 0.6 is 0 Å². The van der Waals surface area contributed by atoms with Gasteiger partial charge in [0.1, 0.15) is 5.83 Å². The first kappa shape index (κ1) is 20.4. The average molecular weight is 425 g/mol. The van der Waals surface area contributed by atoms with Gasteiger partial charge in [0.05, 0.1) is 12.2 Å². The summed E-state index contributed by atoms with van der Waals surface area (Å²) in [6, 6.07) is 6.88. The Balaban J connectivity index is 1.73. The van der Waals surface area contributed by atoms with Gasteiger partial charge in [0, 0.05) is 12.7 Å². The summed E-state index contributed by atoms with van der Waals surface area (Å²) < 4.78 is 70.6. The standard InChI is InChI=1S/C21H22F3NO3S/c1-28-21(24)11-18(22)15(8-19(21)23)17-10-20(6-7-20)9-16(17)14-4-2-13(3-5-14)12-29(25,26)27/h2-5,8H,6-7,9-12H2,1H3,(H2,25,26,27). The molecule has 1 unspecified atom stereocenters. The monoisotopic (exact) mass is 425 g/mol. The van der Waals surface area contributed by atoms with Crippen molar-refractivity contribution in [3.63, 3.8) is 0 Å². The Morgan fingerprint density at radius 2 is 1.69 bits per heavy atom. The summed E-state index contributed by atoms with van der Waals surface area (Å²) in [4.78, 5) is 0. The second-order valence-electron chi connectivity index (χ2n) is 8.23. The van der Waals surface area contributed by atoms with Crippen LogP contribution in [0.1, 0.15) is 43.2 Å². The Morgan fingerprint density at radius 3 is 2.24 bits per heavy atom. The Morgan fingerprint density at radius 1 is 1.07 bits per heavy atom. The third kappa shape index (κ3) is 3.93. The van der Waals surface area contributed by atoms with E-state index in [0.29, 0.717) is 17.6 Å². The molecule has 3 aliphatic rings. The third-order valence-electron chi connectivity index (χ3n) is 6.05. The first-order valence-corrected chi connectivity index (χ1v) is 11.1. The second kappa shape index (κ2) is 6.82. The van der Waals surface area contributed by atoms with Gasteiger partial charge in [-0.2, -0.15) is 0 Å². The lowest BCUT2D eigenvalue weighted by Gasteiger charge is -2.26. The Labute approximate surface area is 168 Å². The van der Waals surface area contributed by atoms with Gasteiger partial charge in [-0.3, -0.25) is 0 Å². The highest BCUT2D eigenvalue weighted by molar-refractivity contribution is 7.88. The average Bonchev–Trinajstić information content (AvgIpc) is 3.29. The predicted octanol–water partition coefficient (Wildman–Crippen LogP) is 4.60. The Kier molecular flexibility index (Phi) is 4.79. The number of primary sulfonamides is 1. The zero-order valence-corrected chi connectivity index (χ0v) is 16.8. The molecule has 0 saturated heterocycles. The number of rotatable bonds is 5. The number of nitrogens with two attached hydrogens (primary N) is 1. The lowest BCUT2D eigenvalue weighted by molar-refractivity contribution is -0.107. The summed E-state index contributed by atoms with van der Waals surface area (Å²) in [5.74, 6) is -4.90. The van der Waals surface area contributed by atoms with Gasteiger partial charge in [-0.1, -0.05) is 24.3 Å². The quantitative estimate of drug-likeness (QED) is 0.750. The molecule has 1 aromatic rings. The number of methoxy groups -OCH3 is 1. The van der Waals surface area contributed by atoms with Crippen LogP contribution in [0.3, 0.4) is 0 Å². The minimum atomic E-state index is -3.64. The topological polar surface area (TPSA) is 69.4 Å². The van der Waals surface area contributed by atoms with Crippen LogP contribution in [0.2, 0.25) is 0 Å². The van der Waals surface area contributed by atoms with E-state index in [1.165, 1.54) is 0 Å². The number of hydrogen-bond acceptors (Lipinski definition) is 3. The van der Waals surface area contributed by atoms with E-state index in [1.54, 1.807) is 24.3 Å². The van der Waals surface area contributed by atoms with Crippen molar-refractivity contribution >= 4 is 15.6 Å². The normalized spacial score (nSPS) is 26.3. The van der Waals surface area contributed by atoms with Crippen LogP contribution in [0, 0.1) is 5.41 Å². The van der Waals surface area contributed by atoms with Crippen LogP contribution in [-0.2, 0) is 20.5 Å². The fourth-order valence-corrected chi connectivity index (χ4v) is 4.89. The highest BCUT2D eigenvalue weighted by atomic mass is 32.2. The molecule has 0 aromatic heterocycles. The molecule has 3 aliphatic carbocycles. The molecule has 1 atom stereocenters. The SMILES string of the molecule is COC1(F)CC(F)=C(C2=C(c3ccc(CS(N)(=O)=O)cc3)CC3(CC3)C2)C=C1F. The van der Waals surface area contributed by atoms with Gasteiger partial charge in [0.15, 0.2) is 5.83 Å². The summed E-state index contributed by atoms with van der Waals surface area (Å²) in [6.07, 6.45) is 3.48. The van der Waals surface area contributed by atoms with Crippen LogP contribution in [0.4, 0.5) is 13.2 Å². The first-order chi connectivity index (χ1) is 13.5. The van der Waals surface area contributed by atoms with Crippen molar-refractivity contribution < 1.29 is 26.3 Å². The maximum atomic E-state index is 14.8. The molecule has 1 spiro atoms. The zero-order valence-electron chi connectivity index (χ0n) is 16.0. The fourth-order valence-electron chi connectivity index (χ4n) is 4.24. The van der Waals surface area contributed by atoms with Crippen molar-refractivity contribution in [2.75, 3.05) is 7.11 Å². The van der Waals surface area contributed by atoms with Gasteiger partial charge < -0.3 is 4.74 Å². The minimum absolute atomic E-state index is 0.0625. The Hall–Kier alpha value is -1.90. The van der Waals surface area contributed by atoms with Crippen LogP contribution in [0.25, 0.3) is 5.57 Å². The fraction of sp³-hybridized carbons (Fsp3) is 0.429. The largest absolute Gasteiger partial charge is 0.344 e. The number of alkyl halides is 1. The highest BCUT2D eigenvalue weighted by Crippen LogP contribution is 2.63. The molecule has 4 rings (SSSR count). The van der Waals surface area contributed by atoms with Crippen LogP contribution in [0.15, 0.2) is 53.1 Å². The molecule has 8 heteroatoms. The summed E-state index contributed by atoms with van der Waals surface area (Å²) >= 11 is 0. The number of ether oxygens (including phenoxy) is 1. The molecule has 2 N–H and O–H groups in total. The smallest absolute Gasteiger partial charge is 0.267 e. The van der Waals surface area contributed by atoms with Crippen molar-refractivity contribution in [1.82, 2.24) is 0 Å². The number of halogens is 3. The van der Waals surface area contributed by atoms with Crippen LogP contribution < -0.4 is 5.14 Å². The molecule has 1 aromatic carbocycles. The molecular weight excluding hydrogens is 403 g/mol. The number of sulfonamides is 1. The maximum absolute atomic E-state index is 14.8. The van der Waals surface area contributed by atoms with Crippen molar-refractivity contribution in [1.29, 1.82) is 0 Å². The molecule has 1 fully saturated rings. The minimum Gasteiger partial charge on any atom is -0.344 e. The van der Waals surface area contributed by atoms with Crippen molar-refractivity contribution in [3.05, 3.63) is 64.3 Å². The number of benzene rings is 1. The van der Waals surface area contributed by atoms with Crippen molar-refractivity contribution in [2.24, 2.45) is 10.6 Å². The lowest BCUT2D eigenvalue weighted by atomic mass is 9.90. The molecule has 0 amide bonds. The molecular formula is C21H22F3NO3S. The van der Waals surface area contributed by atoms with E-state index in [9.17, 15) is 21.6 Å². The van der Waals surface area contributed by atoms with Gasteiger partial charge in [0.25, 0.3) is 5.85 Å². The third-order valence-corrected chi connectivity index (χ3v) is 6.78. The van der Waals surface area contributed by atoms with Crippen LogP contribution in [0.5, 0.6) is 0 Å². The van der Waals surface area contributed by atoms with Gasteiger partial charge in [-0.15, -0.1) is 0 Å². The molecule has 0 bridgehead atoms. The molecule has 1 saturated carbocycles. The lowest BCUT2D eigenvalue weighted by Crippen LogP contribution is -2.29. The van der Waals surface area contributed by atoms with Crippen LogP contribution in [-0.4, -0.2) is 21.4 Å². The van der Waals surface area contributed by atoms with Gasteiger partial charge in [-0.25, -0.2) is 26.7 Å². The van der Waals surface area contributed by atoms with Crippen molar-refractivity contribution in [2.45, 2.75) is 43.7 Å². The summed E-state index contributed by atoms with van der Waals surface area (Å²) in [7, 11) is -2.63. The van der Waals surface area contributed by atoms with Gasteiger partial charge >= 0.3 is 0 Å². The number of allylic oxidation sites excluding steroid dienone is 4. The van der Waals surface area contributed by atoms with Gasteiger partial charge in [0.2, 0.25) is 10.0 Å². The molecule has 4 nitrogen and oxygen atoms in total.